The van der Waals surface area contributed by atoms with Crippen LogP contribution >= 0.6 is 39.1 Å². The number of fused-ring (bicyclic) bond motifs is 1. The van der Waals surface area contributed by atoms with Crippen LogP contribution in [0.25, 0.3) is 0 Å². The summed E-state index contributed by atoms with van der Waals surface area (Å²) in [7, 11) is 0. The molecular weight excluding hydrogens is 589 g/mol. The van der Waals surface area contributed by atoms with Crippen LogP contribution in [0.4, 0.5) is 37.8 Å². The van der Waals surface area contributed by atoms with Crippen LogP contribution in [0.5, 0.6) is 0 Å². The highest BCUT2D eigenvalue weighted by molar-refractivity contribution is 9.10. The molecule has 2 atom stereocenters. The van der Waals surface area contributed by atoms with Crippen LogP contribution in [-0.2, 0) is 6.18 Å². The molecule has 3 aromatic rings. The van der Waals surface area contributed by atoms with Crippen LogP contribution < -0.4 is 10.6 Å². The number of halogens is 9. The Morgan fingerprint density at radius 3 is 2.34 bits per heavy atom. The Hall–Kier alpha value is -2.44. The molecule has 2 aromatic carbocycles. The van der Waals surface area contributed by atoms with Gasteiger partial charge in [0.1, 0.15) is 10.8 Å². The monoisotopic (exact) mass is 600 g/mol. The van der Waals surface area contributed by atoms with Crippen LogP contribution in [0.15, 0.2) is 46.9 Å². The Morgan fingerprint density at radius 2 is 1.74 bits per heavy atom. The summed E-state index contributed by atoms with van der Waals surface area (Å²) in [5.41, 5.74) is -1.54. The first-order valence-electron chi connectivity index (χ1n) is 9.80. The Kier molecular flexibility index (Phi) is 6.75. The molecule has 186 valence electrons. The predicted octanol–water partition coefficient (Wildman–Crippen LogP) is 7.88. The normalized spacial score (nSPS) is 18.1. The van der Waals surface area contributed by atoms with Crippen molar-refractivity contribution < 1.29 is 31.1 Å². The summed E-state index contributed by atoms with van der Waals surface area (Å²) >= 11 is 15.4. The zero-order valence-corrected chi connectivity index (χ0v) is 20.2. The van der Waals surface area contributed by atoms with E-state index in [4.69, 9.17) is 23.2 Å². The van der Waals surface area contributed by atoms with Crippen LogP contribution in [0.2, 0.25) is 10.0 Å². The molecule has 2 N–H and O–H groups in total. The summed E-state index contributed by atoms with van der Waals surface area (Å²) in [5.74, 6) is -1.37. The highest BCUT2D eigenvalue weighted by Crippen LogP contribution is 2.46. The molecule has 0 saturated heterocycles. The maximum absolute atomic E-state index is 13.9. The van der Waals surface area contributed by atoms with Gasteiger partial charge in [0.25, 0.3) is 5.91 Å². The lowest BCUT2D eigenvalue weighted by atomic mass is 9.97. The van der Waals surface area contributed by atoms with E-state index in [0.29, 0.717) is 16.3 Å². The number of alkyl halides is 6. The zero-order chi connectivity index (χ0) is 25.7. The summed E-state index contributed by atoms with van der Waals surface area (Å²) in [6, 6.07) is 5.97. The quantitative estimate of drug-likeness (QED) is 0.300. The molecular formula is C21H13BrCl2F6N4O. The summed E-state index contributed by atoms with van der Waals surface area (Å²) in [4.78, 5) is 12.8. The molecule has 1 amide bonds. The molecule has 1 aliphatic heterocycles. The molecule has 35 heavy (non-hydrogen) atoms. The van der Waals surface area contributed by atoms with Crippen LogP contribution in [0.3, 0.4) is 0 Å². The minimum atomic E-state index is -4.72. The second-order valence-corrected chi connectivity index (χ2v) is 9.34. The number of nitrogens with one attached hydrogen (secondary N) is 2. The zero-order valence-electron chi connectivity index (χ0n) is 17.1. The standard InChI is InChI=1S/C21H13BrCl2F6N4O/c22-11-4-1-9(2-5-11)13-8-15(21(28,29)30)34-18(31-13)16(24)17(33-34)19(35)32-14-7-10(20(25,26)27)3-6-12(14)23/h1-7,13,15,31H,8H2,(H,32,35)/t13-,15+/m1/s1. The van der Waals surface area contributed by atoms with E-state index >= 15 is 0 Å². The van der Waals surface area contributed by atoms with Crippen molar-refractivity contribution in [1.82, 2.24) is 9.78 Å². The molecule has 0 bridgehead atoms. The van der Waals surface area contributed by atoms with Gasteiger partial charge in [0.2, 0.25) is 0 Å². The molecule has 0 saturated carbocycles. The minimum absolute atomic E-state index is 0.215. The van der Waals surface area contributed by atoms with Gasteiger partial charge in [0.15, 0.2) is 11.7 Å². The van der Waals surface area contributed by atoms with E-state index in [-0.39, 0.29) is 10.8 Å². The number of benzene rings is 2. The van der Waals surface area contributed by atoms with E-state index in [2.05, 4.69) is 31.7 Å². The predicted molar refractivity (Wildman–Crippen MR) is 122 cm³/mol. The fraction of sp³-hybridized carbons (Fsp3) is 0.238. The first kappa shape index (κ1) is 25.6. The number of anilines is 2. The van der Waals surface area contributed by atoms with E-state index in [1.807, 2.05) is 0 Å². The van der Waals surface area contributed by atoms with E-state index in [1.165, 1.54) is 0 Å². The first-order valence-corrected chi connectivity index (χ1v) is 11.4. The van der Waals surface area contributed by atoms with Crippen molar-refractivity contribution in [3.8, 4) is 0 Å². The van der Waals surface area contributed by atoms with Gasteiger partial charge in [-0.2, -0.15) is 31.4 Å². The van der Waals surface area contributed by atoms with Crippen LogP contribution in [0, 0.1) is 0 Å². The number of carbonyl (C=O) groups excluding carboxylic acids is 1. The third kappa shape index (κ3) is 5.24. The molecule has 1 aliphatic rings. The van der Waals surface area contributed by atoms with E-state index < -0.39 is 58.7 Å². The van der Waals surface area contributed by atoms with Gasteiger partial charge in [-0.3, -0.25) is 4.79 Å². The van der Waals surface area contributed by atoms with E-state index in [0.717, 1.165) is 16.6 Å². The topological polar surface area (TPSA) is 59.0 Å². The second-order valence-electron chi connectivity index (χ2n) is 7.64. The number of carbonyl (C=O) groups is 1. The SMILES string of the molecule is O=C(Nc1cc(C(F)(F)F)ccc1Cl)c1nn2c(c1Cl)N[C@@H](c1ccc(Br)cc1)C[C@H]2C(F)(F)F. The van der Waals surface area contributed by atoms with Crippen molar-refractivity contribution in [2.75, 3.05) is 10.6 Å². The van der Waals surface area contributed by atoms with E-state index in [9.17, 15) is 31.1 Å². The number of hydrogen-bond donors (Lipinski definition) is 2. The Morgan fingerprint density at radius 1 is 1.09 bits per heavy atom. The molecule has 14 heteroatoms. The molecule has 0 spiro atoms. The molecule has 2 heterocycles. The number of hydrogen-bond acceptors (Lipinski definition) is 3. The van der Waals surface area contributed by atoms with Gasteiger partial charge in [-0.15, -0.1) is 0 Å². The van der Waals surface area contributed by atoms with Crippen molar-refractivity contribution in [3.05, 3.63) is 73.8 Å². The van der Waals surface area contributed by atoms with Gasteiger partial charge in [0.05, 0.1) is 22.3 Å². The maximum Gasteiger partial charge on any atom is 0.416 e. The van der Waals surface area contributed by atoms with Gasteiger partial charge in [-0.1, -0.05) is 51.3 Å². The van der Waals surface area contributed by atoms with Crippen LogP contribution in [-0.4, -0.2) is 21.9 Å². The third-order valence-corrected chi connectivity index (χ3v) is 6.54. The third-order valence-electron chi connectivity index (χ3n) is 5.32. The Bertz CT molecular complexity index is 1280. The fourth-order valence-electron chi connectivity index (χ4n) is 3.63. The smallest absolute Gasteiger partial charge is 0.362 e. The lowest BCUT2D eigenvalue weighted by Crippen LogP contribution is -2.35. The second kappa shape index (κ2) is 9.21. The lowest BCUT2D eigenvalue weighted by Gasteiger charge is -2.33. The van der Waals surface area contributed by atoms with Gasteiger partial charge in [0, 0.05) is 10.9 Å². The average molecular weight is 602 g/mol. The molecule has 1 aromatic heterocycles. The highest BCUT2D eigenvalue weighted by Gasteiger charge is 2.48. The fourth-order valence-corrected chi connectivity index (χ4v) is 4.32. The molecule has 5 nitrogen and oxygen atoms in total. The Balaban J connectivity index is 1.70. The Labute approximate surface area is 212 Å². The number of aromatic nitrogens is 2. The summed E-state index contributed by atoms with van der Waals surface area (Å²) in [6.45, 7) is 0. The molecule has 4 rings (SSSR count). The highest BCUT2D eigenvalue weighted by atomic mass is 79.9. The van der Waals surface area contributed by atoms with Gasteiger partial charge in [-0.25, -0.2) is 4.68 Å². The van der Waals surface area contributed by atoms with Crippen LogP contribution in [0.1, 0.15) is 40.1 Å². The van der Waals surface area contributed by atoms with E-state index in [1.54, 1.807) is 24.3 Å². The molecule has 0 fully saturated rings. The summed E-state index contributed by atoms with van der Waals surface area (Å²) in [5, 5.41) is 8.15. The number of amides is 1. The average Bonchev–Trinajstić information content (AvgIpc) is 3.10. The minimum Gasteiger partial charge on any atom is -0.362 e. The lowest BCUT2D eigenvalue weighted by molar-refractivity contribution is -0.173. The number of rotatable bonds is 3. The number of nitrogens with zero attached hydrogens (tertiary/aromatic N) is 2. The molecule has 0 unspecified atom stereocenters. The largest absolute Gasteiger partial charge is 0.416 e. The van der Waals surface area contributed by atoms with Crippen molar-refractivity contribution in [2.24, 2.45) is 0 Å². The van der Waals surface area contributed by atoms with Crippen molar-refractivity contribution in [3.63, 3.8) is 0 Å². The van der Waals surface area contributed by atoms with Gasteiger partial charge in [-0.05, 0) is 35.9 Å². The summed E-state index contributed by atoms with van der Waals surface area (Å²) in [6.07, 6.45) is -9.87. The van der Waals surface area contributed by atoms with Gasteiger partial charge >= 0.3 is 12.4 Å². The first-order chi connectivity index (χ1) is 16.3. The molecule has 0 radical (unpaired) electrons. The van der Waals surface area contributed by atoms with Gasteiger partial charge < -0.3 is 10.6 Å². The van der Waals surface area contributed by atoms with Crippen molar-refractivity contribution >= 4 is 56.5 Å². The van der Waals surface area contributed by atoms with Crippen molar-refractivity contribution in [1.29, 1.82) is 0 Å². The molecule has 0 aliphatic carbocycles. The summed E-state index contributed by atoms with van der Waals surface area (Å²) < 4.78 is 82.1. The van der Waals surface area contributed by atoms with Crippen molar-refractivity contribution in [2.45, 2.75) is 30.9 Å². The maximum atomic E-state index is 13.9.